The molecule has 2 aliphatic rings. The van der Waals surface area contributed by atoms with E-state index in [-0.39, 0.29) is 17.7 Å². The molecule has 4 rings (SSSR count). The lowest BCUT2D eigenvalue weighted by Gasteiger charge is -2.41. The van der Waals surface area contributed by atoms with Gasteiger partial charge < -0.3 is 14.3 Å². The SMILES string of the molecule is CC(=O)N1C[C@@H]2CCN(C(=O)c3cccnc3)C[C@]2(c2nc(C)no2)C1. The molecular formula is C18H21N5O3. The summed E-state index contributed by atoms with van der Waals surface area (Å²) < 4.78 is 5.52. The van der Waals surface area contributed by atoms with Crippen molar-refractivity contribution >= 4 is 11.8 Å². The summed E-state index contributed by atoms with van der Waals surface area (Å²) in [5, 5.41) is 3.94. The number of nitrogens with zero attached hydrogens (tertiary/aromatic N) is 5. The topological polar surface area (TPSA) is 92.4 Å². The number of aromatic nitrogens is 3. The monoisotopic (exact) mass is 355 g/mol. The standard InChI is InChI=1S/C18H21N5O3/c1-12-20-17(26-21-12)18-10-22(16(25)14-4-3-6-19-8-14)7-5-15(18)9-23(11-18)13(2)24/h3-4,6,8,15H,5,7,9-11H2,1-2H3/t15-,18-/m0/s1. The molecule has 26 heavy (non-hydrogen) atoms. The Morgan fingerprint density at radius 3 is 2.77 bits per heavy atom. The van der Waals surface area contributed by atoms with E-state index < -0.39 is 5.41 Å². The Labute approximate surface area is 151 Å². The summed E-state index contributed by atoms with van der Waals surface area (Å²) in [7, 11) is 0. The highest BCUT2D eigenvalue weighted by Crippen LogP contribution is 2.44. The Hall–Kier alpha value is -2.77. The molecule has 0 saturated carbocycles. The molecule has 0 unspecified atom stereocenters. The van der Waals surface area contributed by atoms with Crippen LogP contribution in [0.5, 0.6) is 0 Å². The van der Waals surface area contributed by atoms with Gasteiger partial charge in [-0.25, -0.2) is 0 Å². The molecule has 0 radical (unpaired) electrons. The molecule has 0 spiro atoms. The summed E-state index contributed by atoms with van der Waals surface area (Å²) >= 11 is 0. The van der Waals surface area contributed by atoms with E-state index in [1.807, 2.05) is 9.80 Å². The third-order valence-corrected chi connectivity index (χ3v) is 5.51. The van der Waals surface area contributed by atoms with Crippen LogP contribution in [0.15, 0.2) is 29.0 Å². The normalized spacial score (nSPS) is 25.2. The van der Waals surface area contributed by atoms with Gasteiger partial charge in [0.1, 0.15) is 0 Å². The summed E-state index contributed by atoms with van der Waals surface area (Å²) in [6, 6.07) is 3.52. The molecule has 0 bridgehead atoms. The number of likely N-dealkylation sites (tertiary alicyclic amines) is 2. The van der Waals surface area contributed by atoms with Crippen LogP contribution in [0.1, 0.15) is 35.4 Å². The number of amides is 2. The lowest BCUT2D eigenvalue weighted by molar-refractivity contribution is -0.128. The molecule has 0 aliphatic carbocycles. The van der Waals surface area contributed by atoms with Crippen LogP contribution in [-0.2, 0) is 10.2 Å². The third-order valence-electron chi connectivity index (χ3n) is 5.51. The number of rotatable bonds is 2. The van der Waals surface area contributed by atoms with Crippen molar-refractivity contribution in [3.05, 3.63) is 41.8 Å². The quantitative estimate of drug-likeness (QED) is 0.799. The molecule has 2 aromatic heterocycles. The number of pyridine rings is 1. The molecule has 2 fully saturated rings. The molecule has 8 nitrogen and oxygen atoms in total. The molecule has 2 saturated heterocycles. The minimum absolute atomic E-state index is 0.0279. The number of aryl methyl sites for hydroxylation is 1. The van der Waals surface area contributed by atoms with Crippen molar-refractivity contribution in [2.45, 2.75) is 25.7 Å². The summed E-state index contributed by atoms with van der Waals surface area (Å²) in [6.07, 6.45) is 4.01. The smallest absolute Gasteiger partial charge is 0.255 e. The maximum Gasteiger partial charge on any atom is 0.255 e. The molecule has 4 heterocycles. The number of piperidine rings is 1. The van der Waals surface area contributed by atoms with Crippen LogP contribution in [0.2, 0.25) is 0 Å². The van der Waals surface area contributed by atoms with Crippen LogP contribution in [0, 0.1) is 12.8 Å². The van der Waals surface area contributed by atoms with Gasteiger partial charge in [0.15, 0.2) is 5.82 Å². The highest BCUT2D eigenvalue weighted by molar-refractivity contribution is 5.94. The first-order valence-corrected chi connectivity index (χ1v) is 8.75. The molecule has 2 amide bonds. The van der Waals surface area contributed by atoms with E-state index in [9.17, 15) is 9.59 Å². The number of carbonyl (C=O) groups excluding carboxylic acids is 2. The first-order valence-electron chi connectivity index (χ1n) is 8.75. The fourth-order valence-corrected chi connectivity index (χ4v) is 4.15. The number of fused-ring (bicyclic) bond motifs is 1. The van der Waals surface area contributed by atoms with Crippen LogP contribution < -0.4 is 0 Å². The van der Waals surface area contributed by atoms with Gasteiger partial charge in [-0.3, -0.25) is 14.6 Å². The average molecular weight is 355 g/mol. The van der Waals surface area contributed by atoms with Crippen LogP contribution in [0.3, 0.4) is 0 Å². The van der Waals surface area contributed by atoms with Crippen molar-refractivity contribution in [1.29, 1.82) is 0 Å². The first-order chi connectivity index (χ1) is 12.5. The van der Waals surface area contributed by atoms with Crippen molar-refractivity contribution in [3.63, 3.8) is 0 Å². The molecular weight excluding hydrogens is 334 g/mol. The van der Waals surface area contributed by atoms with Crippen molar-refractivity contribution < 1.29 is 14.1 Å². The fourth-order valence-electron chi connectivity index (χ4n) is 4.15. The largest absolute Gasteiger partial charge is 0.341 e. The predicted molar refractivity (Wildman–Crippen MR) is 91.2 cm³/mol. The minimum Gasteiger partial charge on any atom is -0.341 e. The van der Waals surface area contributed by atoms with Crippen molar-refractivity contribution in [1.82, 2.24) is 24.9 Å². The van der Waals surface area contributed by atoms with Crippen LogP contribution >= 0.6 is 0 Å². The zero-order valence-electron chi connectivity index (χ0n) is 14.9. The highest BCUT2D eigenvalue weighted by atomic mass is 16.5. The van der Waals surface area contributed by atoms with Crippen molar-refractivity contribution in [2.24, 2.45) is 5.92 Å². The van der Waals surface area contributed by atoms with Crippen molar-refractivity contribution in [2.75, 3.05) is 26.2 Å². The average Bonchev–Trinajstić information content (AvgIpc) is 3.25. The Kier molecular flexibility index (Phi) is 3.97. The van der Waals surface area contributed by atoms with E-state index in [0.29, 0.717) is 43.5 Å². The van der Waals surface area contributed by atoms with Gasteiger partial charge in [-0.05, 0) is 31.4 Å². The van der Waals surface area contributed by atoms with Crippen LogP contribution in [0.4, 0.5) is 0 Å². The van der Waals surface area contributed by atoms with Gasteiger partial charge >= 0.3 is 0 Å². The molecule has 2 aliphatic heterocycles. The zero-order valence-corrected chi connectivity index (χ0v) is 14.9. The van der Waals surface area contributed by atoms with E-state index in [1.165, 1.54) is 0 Å². The van der Waals surface area contributed by atoms with Gasteiger partial charge in [0.2, 0.25) is 11.8 Å². The van der Waals surface area contributed by atoms with Gasteiger partial charge in [-0.1, -0.05) is 5.16 Å². The summed E-state index contributed by atoms with van der Waals surface area (Å²) in [6.45, 7) is 5.59. The van der Waals surface area contributed by atoms with E-state index in [2.05, 4.69) is 15.1 Å². The summed E-state index contributed by atoms with van der Waals surface area (Å²) in [5.41, 5.74) is 0.0486. The molecule has 0 aromatic carbocycles. The molecule has 2 atom stereocenters. The Morgan fingerprint density at radius 1 is 1.31 bits per heavy atom. The van der Waals surface area contributed by atoms with Gasteiger partial charge in [-0.15, -0.1) is 0 Å². The highest BCUT2D eigenvalue weighted by Gasteiger charge is 2.55. The Balaban J connectivity index is 1.68. The Morgan fingerprint density at radius 2 is 2.12 bits per heavy atom. The number of hydrogen-bond acceptors (Lipinski definition) is 6. The lowest BCUT2D eigenvalue weighted by Crippen LogP contribution is -2.53. The Bertz CT molecular complexity index is 836. The maximum atomic E-state index is 12.9. The van der Waals surface area contributed by atoms with Crippen molar-refractivity contribution in [3.8, 4) is 0 Å². The number of hydrogen-bond donors (Lipinski definition) is 0. The molecule has 0 N–H and O–H groups in total. The van der Waals surface area contributed by atoms with Gasteiger partial charge in [-0.2, -0.15) is 4.98 Å². The van der Waals surface area contributed by atoms with E-state index >= 15 is 0 Å². The molecule has 8 heteroatoms. The van der Waals surface area contributed by atoms with Gasteiger partial charge in [0.05, 0.1) is 11.0 Å². The van der Waals surface area contributed by atoms with Crippen LogP contribution in [-0.4, -0.2) is 62.9 Å². The second kappa shape index (κ2) is 6.19. The molecule has 2 aromatic rings. The van der Waals surface area contributed by atoms with Gasteiger partial charge in [0, 0.05) is 45.5 Å². The minimum atomic E-state index is -0.511. The third kappa shape index (κ3) is 2.65. The zero-order chi connectivity index (χ0) is 18.3. The summed E-state index contributed by atoms with van der Waals surface area (Å²) in [4.78, 5) is 37.0. The summed E-state index contributed by atoms with van der Waals surface area (Å²) in [5.74, 6) is 1.25. The van der Waals surface area contributed by atoms with Crippen LogP contribution in [0.25, 0.3) is 0 Å². The maximum absolute atomic E-state index is 12.9. The lowest BCUT2D eigenvalue weighted by atomic mass is 9.73. The number of carbonyl (C=O) groups is 2. The van der Waals surface area contributed by atoms with Gasteiger partial charge in [0.25, 0.3) is 5.91 Å². The van der Waals surface area contributed by atoms with E-state index in [4.69, 9.17) is 4.52 Å². The fraction of sp³-hybridized carbons (Fsp3) is 0.500. The van der Waals surface area contributed by atoms with E-state index in [0.717, 1.165) is 6.42 Å². The predicted octanol–water partition coefficient (Wildman–Crippen LogP) is 1.04. The molecule has 136 valence electrons. The second-order valence-corrected chi connectivity index (χ2v) is 7.16. The second-order valence-electron chi connectivity index (χ2n) is 7.16. The van der Waals surface area contributed by atoms with E-state index in [1.54, 1.807) is 38.4 Å². The first kappa shape index (κ1) is 16.7.